The molecule has 0 aromatic carbocycles. The molecule has 0 atom stereocenters. The molecule has 2 aliphatic rings. The molecule has 1 aliphatic heterocycles. The second kappa shape index (κ2) is 6.46. The Morgan fingerprint density at radius 3 is 2.90 bits per heavy atom. The minimum Gasteiger partial charge on any atom is -0.357 e. The summed E-state index contributed by atoms with van der Waals surface area (Å²) >= 11 is 0. The van der Waals surface area contributed by atoms with Gasteiger partial charge in [0.25, 0.3) is 0 Å². The topological polar surface area (TPSA) is 40.5 Å². The number of hydrogen-bond donors (Lipinski definition) is 1. The molecule has 1 N–H and O–H groups in total. The third kappa shape index (κ3) is 3.36. The Labute approximate surface area is 127 Å². The standard InChI is InChI=1S/C17H26N4/c1-2-18-16(20-13-15-7-3-6-11-19-15)21-12-10-17(14-21)8-4-5-9-17/h3,6-7,11H,2,4-5,8-10,12-14H2,1H3,(H,18,20). The van der Waals surface area contributed by atoms with Crippen LogP contribution in [0.3, 0.4) is 0 Å². The van der Waals surface area contributed by atoms with Crippen LogP contribution in [0.25, 0.3) is 0 Å². The molecule has 3 rings (SSSR count). The molecule has 114 valence electrons. The van der Waals surface area contributed by atoms with Gasteiger partial charge < -0.3 is 10.2 Å². The maximum absolute atomic E-state index is 4.79. The van der Waals surface area contributed by atoms with Crippen LogP contribution in [-0.4, -0.2) is 35.5 Å². The SMILES string of the molecule is CCNC(=NCc1ccccn1)N1CCC2(CCCC2)C1. The van der Waals surface area contributed by atoms with Gasteiger partial charge in [-0.2, -0.15) is 0 Å². The molecule has 1 saturated heterocycles. The van der Waals surface area contributed by atoms with Crippen molar-refractivity contribution in [3.63, 3.8) is 0 Å². The van der Waals surface area contributed by atoms with Gasteiger partial charge in [0.1, 0.15) is 0 Å². The van der Waals surface area contributed by atoms with Gasteiger partial charge in [0, 0.05) is 25.8 Å². The van der Waals surface area contributed by atoms with Crippen LogP contribution in [0.4, 0.5) is 0 Å². The highest BCUT2D eigenvalue weighted by Crippen LogP contribution is 2.45. The smallest absolute Gasteiger partial charge is 0.194 e. The summed E-state index contributed by atoms with van der Waals surface area (Å²) in [5.74, 6) is 1.06. The summed E-state index contributed by atoms with van der Waals surface area (Å²) in [6, 6.07) is 6.01. The highest BCUT2D eigenvalue weighted by molar-refractivity contribution is 5.80. The van der Waals surface area contributed by atoms with Crippen LogP contribution < -0.4 is 5.32 Å². The predicted octanol–water partition coefficient (Wildman–Crippen LogP) is 2.81. The van der Waals surface area contributed by atoms with E-state index in [4.69, 9.17) is 4.99 Å². The number of nitrogens with zero attached hydrogens (tertiary/aromatic N) is 3. The van der Waals surface area contributed by atoms with E-state index in [1.165, 1.54) is 38.6 Å². The first-order valence-electron chi connectivity index (χ1n) is 8.24. The van der Waals surface area contributed by atoms with Gasteiger partial charge >= 0.3 is 0 Å². The molecular weight excluding hydrogens is 260 g/mol. The number of guanidine groups is 1. The molecule has 2 fully saturated rings. The summed E-state index contributed by atoms with van der Waals surface area (Å²) in [6.45, 7) is 6.05. The normalized spacial score (nSPS) is 21.2. The molecule has 0 radical (unpaired) electrons. The number of hydrogen-bond acceptors (Lipinski definition) is 2. The van der Waals surface area contributed by atoms with Gasteiger partial charge in [-0.15, -0.1) is 0 Å². The Hall–Kier alpha value is -1.58. The minimum atomic E-state index is 0.585. The first kappa shape index (κ1) is 14.4. The van der Waals surface area contributed by atoms with Crippen molar-refractivity contribution >= 4 is 5.96 Å². The van der Waals surface area contributed by atoms with Crippen LogP contribution in [0.2, 0.25) is 0 Å². The van der Waals surface area contributed by atoms with Gasteiger partial charge in [0.15, 0.2) is 5.96 Å². The molecule has 2 heterocycles. The van der Waals surface area contributed by atoms with Crippen molar-refractivity contribution in [2.45, 2.75) is 45.6 Å². The van der Waals surface area contributed by atoms with E-state index in [1.807, 2.05) is 24.4 Å². The van der Waals surface area contributed by atoms with E-state index >= 15 is 0 Å². The Bertz CT molecular complexity index is 477. The molecule has 1 spiro atoms. The van der Waals surface area contributed by atoms with E-state index in [9.17, 15) is 0 Å². The van der Waals surface area contributed by atoms with Gasteiger partial charge in [0.05, 0.1) is 12.2 Å². The number of rotatable bonds is 3. The lowest BCUT2D eigenvalue weighted by atomic mass is 9.86. The summed E-state index contributed by atoms with van der Waals surface area (Å²) in [4.78, 5) is 11.6. The quantitative estimate of drug-likeness (QED) is 0.686. The number of aromatic nitrogens is 1. The van der Waals surface area contributed by atoms with Crippen molar-refractivity contribution in [1.29, 1.82) is 0 Å². The summed E-state index contributed by atoms with van der Waals surface area (Å²) in [6.07, 6.45) is 8.80. The fourth-order valence-corrected chi connectivity index (χ4v) is 3.72. The van der Waals surface area contributed by atoms with Crippen molar-refractivity contribution in [1.82, 2.24) is 15.2 Å². The molecular formula is C17H26N4. The fraction of sp³-hybridized carbons (Fsp3) is 0.647. The first-order chi connectivity index (χ1) is 10.3. The molecule has 1 aromatic rings. The van der Waals surface area contributed by atoms with Gasteiger partial charge in [-0.3, -0.25) is 4.98 Å². The average Bonchev–Trinajstić information content (AvgIpc) is 3.15. The Morgan fingerprint density at radius 1 is 1.33 bits per heavy atom. The summed E-state index contributed by atoms with van der Waals surface area (Å²) < 4.78 is 0. The first-order valence-corrected chi connectivity index (χ1v) is 8.24. The average molecular weight is 286 g/mol. The monoisotopic (exact) mass is 286 g/mol. The molecule has 1 saturated carbocycles. The van der Waals surface area contributed by atoms with Crippen molar-refractivity contribution in [2.24, 2.45) is 10.4 Å². The zero-order valence-corrected chi connectivity index (χ0v) is 13.0. The maximum atomic E-state index is 4.79. The summed E-state index contributed by atoms with van der Waals surface area (Å²) in [5.41, 5.74) is 1.61. The molecule has 0 amide bonds. The predicted molar refractivity (Wildman–Crippen MR) is 86.1 cm³/mol. The van der Waals surface area contributed by atoms with Crippen molar-refractivity contribution < 1.29 is 0 Å². The van der Waals surface area contributed by atoms with E-state index < -0.39 is 0 Å². The molecule has 1 aromatic heterocycles. The molecule has 0 bridgehead atoms. The van der Waals surface area contributed by atoms with Gasteiger partial charge in [0.2, 0.25) is 0 Å². The molecule has 4 nitrogen and oxygen atoms in total. The Balaban J connectivity index is 1.67. The van der Waals surface area contributed by atoms with Crippen LogP contribution in [0.5, 0.6) is 0 Å². The van der Waals surface area contributed by atoms with Crippen LogP contribution >= 0.6 is 0 Å². The third-order valence-corrected chi connectivity index (χ3v) is 4.85. The molecule has 1 aliphatic carbocycles. The van der Waals surface area contributed by atoms with E-state index in [1.54, 1.807) is 0 Å². The zero-order chi connectivity index (χ0) is 14.5. The zero-order valence-electron chi connectivity index (χ0n) is 13.0. The van der Waals surface area contributed by atoms with Crippen molar-refractivity contribution in [3.05, 3.63) is 30.1 Å². The highest BCUT2D eigenvalue weighted by atomic mass is 15.3. The lowest BCUT2D eigenvalue weighted by Gasteiger charge is -2.25. The second-order valence-electron chi connectivity index (χ2n) is 6.37. The van der Waals surface area contributed by atoms with Crippen LogP contribution in [0, 0.1) is 5.41 Å². The minimum absolute atomic E-state index is 0.585. The summed E-state index contributed by atoms with van der Waals surface area (Å²) in [5, 5.41) is 3.45. The highest BCUT2D eigenvalue weighted by Gasteiger charge is 2.41. The number of aliphatic imine (C=N–C) groups is 1. The fourth-order valence-electron chi connectivity index (χ4n) is 3.72. The third-order valence-electron chi connectivity index (χ3n) is 4.85. The van der Waals surface area contributed by atoms with Gasteiger partial charge in [-0.05, 0) is 43.7 Å². The number of likely N-dealkylation sites (tertiary alicyclic amines) is 1. The largest absolute Gasteiger partial charge is 0.357 e. The maximum Gasteiger partial charge on any atom is 0.194 e. The second-order valence-corrected chi connectivity index (χ2v) is 6.37. The summed E-state index contributed by atoms with van der Waals surface area (Å²) in [7, 11) is 0. The van der Waals surface area contributed by atoms with Gasteiger partial charge in [-0.1, -0.05) is 18.9 Å². The van der Waals surface area contributed by atoms with Crippen molar-refractivity contribution in [2.75, 3.05) is 19.6 Å². The van der Waals surface area contributed by atoms with E-state index in [-0.39, 0.29) is 0 Å². The van der Waals surface area contributed by atoms with E-state index in [0.29, 0.717) is 12.0 Å². The van der Waals surface area contributed by atoms with Crippen LogP contribution in [-0.2, 0) is 6.54 Å². The van der Waals surface area contributed by atoms with E-state index in [2.05, 4.69) is 22.1 Å². The Kier molecular flexibility index (Phi) is 4.42. The molecule has 0 unspecified atom stereocenters. The van der Waals surface area contributed by atoms with Crippen molar-refractivity contribution in [3.8, 4) is 0 Å². The van der Waals surface area contributed by atoms with E-state index in [0.717, 1.165) is 24.7 Å². The Morgan fingerprint density at radius 2 is 2.19 bits per heavy atom. The van der Waals surface area contributed by atoms with Gasteiger partial charge in [-0.25, -0.2) is 4.99 Å². The lowest BCUT2D eigenvalue weighted by Crippen LogP contribution is -2.41. The number of pyridine rings is 1. The van der Waals surface area contributed by atoms with Crippen LogP contribution in [0.15, 0.2) is 29.4 Å². The molecule has 4 heteroatoms. The number of nitrogens with one attached hydrogen (secondary N) is 1. The molecule has 21 heavy (non-hydrogen) atoms. The lowest BCUT2D eigenvalue weighted by molar-refractivity contribution is 0.309. The van der Waals surface area contributed by atoms with Crippen LogP contribution in [0.1, 0.15) is 44.7 Å².